The SMILES string of the molecule is Cc1c(-c2nn(CCC(F)(F)F)c(=O)c3ccccc23)c2cc(F)ccc2n1CC(=O)O. The highest BCUT2D eigenvalue weighted by atomic mass is 19.4. The number of hydrogen-bond donors (Lipinski definition) is 1. The number of alkyl halides is 3. The van der Waals surface area contributed by atoms with E-state index in [1.807, 2.05) is 0 Å². The number of hydrogen-bond acceptors (Lipinski definition) is 3. The van der Waals surface area contributed by atoms with Gasteiger partial charge in [-0.2, -0.15) is 18.3 Å². The van der Waals surface area contributed by atoms with Crippen LogP contribution in [0.3, 0.4) is 0 Å². The topological polar surface area (TPSA) is 77.1 Å². The van der Waals surface area contributed by atoms with E-state index >= 15 is 0 Å². The zero-order valence-corrected chi connectivity index (χ0v) is 16.8. The third-order valence-corrected chi connectivity index (χ3v) is 5.29. The quantitative estimate of drug-likeness (QED) is 0.457. The Morgan fingerprint density at radius 1 is 1.09 bits per heavy atom. The summed E-state index contributed by atoms with van der Waals surface area (Å²) in [5.41, 5.74) is 0.732. The zero-order valence-electron chi connectivity index (χ0n) is 16.8. The summed E-state index contributed by atoms with van der Waals surface area (Å²) in [7, 11) is 0. The molecule has 0 unspecified atom stereocenters. The fraction of sp³-hybridized carbons (Fsp3) is 0.227. The second-order valence-corrected chi connectivity index (χ2v) is 7.39. The number of rotatable bonds is 5. The van der Waals surface area contributed by atoms with Crippen LogP contribution in [0.15, 0.2) is 47.3 Å². The van der Waals surface area contributed by atoms with Crippen molar-refractivity contribution in [3.8, 4) is 11.3 Å². The van der Waals surface area contributed by atoms with Crippen LogP contribution in [-0.2, 0) is 17.9 Å². The molecule has 0 bridgehead atoms. The van der Waals surface area contributed by atoms with E-state index in [-0.39, 0.29) is 11.1 Å². The maximum atomic E-state index is 14.1. The van der Waals surface area contributed by atoms with Crippen molar-refractivity contribution >= 4 is 27.6 Å². The Bertz CT molecular complexity index is 1420. The van der Waals surface area contributed by atoms with Crippen LogP contribution < -0.4 is 5.56 Å². The number of benzene rings is 2. The van der Waals surface area contributed by atoms with Crippen LogP contribution in [0.5, 0.6) is 0 Å². The molecule has 0 saturated heterocycles. The van der Waals surface area contributed by atoms with Gasteiger partial charge in [0, 0.05) is 27.5 Å². The standard InChI is InChI=1S/C22H17F4N3O3/c1-12-19(16-10-13(23)6-7-17(16)28(12)11-18(30)31)20-14-4-2-3-5-15(14)21(32)29(27-20)9-8-22(24,25)26/h2-7,10H,8-9,11H2,1H3,(H,30,31). The Balaban J connectivity index is 2.06. The average Bonchev–Trinajstić information content (AvgIpc) is 2.97. The lowest BCUT2D eigenvalue weighted by Crippen LogP contribution is -2.26. The van der Waals surface area contributed by atoms with Crippen molar-refractivity contribution in [3.63, 3.8) is 0 Å². The summed E-state index contributed by atoms with van der Waals surface area (Å²) < 4.78 is 54.8. The third-order valence-electron chi connectivity index (χ3n) is 5.29. The lowest BCUT2D eigenvalue weighted by Gasteiger charge is -2.13. The monoisotopic (exact) mass is 447 g/mol. The van der Waals surface area contributed by atoms with Crippen LogP contribution in [-0.4, -0.2) is 31.6 Å². The van der Waals surface area contributed by atoms with Gasteiger partial charge in [-0.25, -0.2) is 9.07 Å². The molecule has 0 radical (unpaired) electrons. The molecule has 0 atom stereocenters. The molecule has 2 heterocycles. The largest absolute Gasteiger partial charge is 0.480 e. The maximum absolute atomic E-state index is 14.1. The number of carbonyl (C=O) groups is 1. The molecule has 0 aliphatic heterocycles. The molecule has 2 aromatic carbocycles. The second-order valence-electron chi connectivity index (χ2n) is 7.39. The van der Waals surface area contributed by atoms with Gasteiger partial charge in [-0.1, -0.05) is 18.2 Å². The molecule has 2 aromatic heterocycles. The normalized spacial score (nSPS) is 12.0. The van der Waals surface area contributed by atoms with Crippen molar-refractivity contribution in [2.24, 2.45) is 0 Å². The summed E-state index contributed by atoms with van der Waals surface area (Å²) in [5, 5.41) is 14.4. The average molecular weight is 447 g/mol. The van der Waals surface area contributed by atoms with Crippen molar-refractivity contribution in [3.05, 3.63) is 64.3 Å². The molecule has 166 valence electrons. The number of aromatic nitrogens is 3. The fourth-order valence-corrected chi connectivity index (χ4v) is 3.90. The van der Waals surface area contributed by atoms with Crippen LogP contribution >= 0.6 is 0 Å². The van der Waals surface area contributed by atoms with Gasteiger partial charge in [-0.05, 0) is 31.2 Å². The first-order valence-corrected chi connectivity index (χ1v) is 9.64. The number of halogens is 4. The van der Waals surface area contributed by atoms with E-state index in [0.717, 1.165) is 4.68 Å². The van der Waals surface area contributed by atoms with Gasteiger partial charge < -0.3 is 9.67 Å². The van der Waals surface area contributed by atoms with Crippen molar-refractivity contribution in [1.29, 1.82) is 0 Å². The number of carboxylic acids is 1. The van der Waals surface area contributed by atoms with Gasteiger partial charge in [-0.15, -0.1) is 0 Å². The minimum absolute atomic E-state index is 0.162. The highest BCUT2D eigenvalue weighted by molar-refractivity contribution is 6.05. The molecular formula is C22H17F4N3O3. The van der Waals surface area contributed by atoms with Gasteiger partial charge in [0.05, 0.1) is 18.4 Å². The first-order chi connectivity index (χ1) is 15.1. The van der Waals surface area contributed by atoms with Gasteiger partial charge in [0.1, 0.15) is 18.1 Å². The molecule has 0 spiro atoms. The Kier molecular flexibility index (Phi) is 5.23. The van der Waals surface area contributed by atoms with E-state index in [1.54, 1.807) is 25.1 Å². The molecule has 0 aliphatic carbocycles. The minimum Gasteiger partial charge on any atom is -0.480 e. The number of aliphatic carboxylic acids is 1. The summed E-state index contributed by atoms with van der Waals surface area (Å²) in [4.78, 5) is 24.2. The van der Waals surface area contributed by atoms with Crippen molar-refractivity contribution in [2.75, 3.05) is 0 Å². The zero-order chi connectivity index (χ0) is 23.2. The van der Waals surface area contributed by atoms with Crippen LogP contribution in [0.1, 0.15) is 12.1 Å². The smallest absolute Gasteiger partial charge is 0.390 e. The van der Waals surface area contributed by atoms with Gasteiger partial charge in [-0.3, -0.25) is 9.59 Å². The van der Waals surface area contributed by atoms with Crippen LogP contribution in [0.4, 0.5) is 17.6 Å². The number of carboxylic acid groups (broad SMARTS) is 1. The summed E-state index contributed by atoms with van der Waals surface area (Å²) in [6.45, 7) is 0.540. The summed E-state index contributed by atoms with van der Waals surface area (Å²) in [6, 6.07) is 10.2. The third kappa shape index (κ3) is 3.83. The van der Waals surface area contributed by atoms with Crippen molar-refractivity contribution in [2.45, 2.75) is 32.6 Å². The van der Waals surface area contributed by atoms with Gasteiger partial charge in [0.15, 0.2) is 0 Å². The minimum atomic E-state index is -4.48. The highest BCUT2D eigenvalue weighted by Gasteiger charge is 2.28. The maximum Gasteiger partial charge on any atom is 0.390 e. The molecule has 0 fully saturated rings. The highest BCUT2D eigenvalue weighted by Crippen LogP contribution is 2.37. The Morgan fingerprint density at radius 2 is 1.78 bits per heavy atom. The van der Waals surface area contributed by atoms with Crippen LogP contribution in [0.2, 0.25) is 0 Å². The lowest BCUT2D eigenvalue weighted by atomic mass is 10.0. The van der Waals surface area contributed by atoms with Gasteiger partial charge >= 0.3 is 12.1 Å². The fourth-order valence-electron chi connectivity index (χ4n) is 3.90. The van der Waals surface area contributed by atoms with E-state index in [9.17, 15) is 32.3 Å². The molecule has 32 heavy (non-hydrogen) atoms. The van der Waals surface area contributed by atoms with E-state index in [2.05, 4.69) is 5.10 Å². The van der Waals surface area contributed by atoms with Crippen molar-refractivity contribution < 1.29 is 27.5 Å². The molecule has 0 amide bonds. The molecular weight excluding hydrogens is 430 g/mol. The Labute approximate surface area is 178 Å². The summed E-state index contributed by atoms with van der Waals surface area (Å²) >= 11 is 0. The van der Waals surface area contributed by atoms with E-state index in [4.69, 9.17) is 0 Å². The first kappa shape index (κ1) is 21.5. The molecule has 0 aliphatic rings. The predicted octanol–water partition coefficient (Wildman–Crippen LogP) is 4.50. The van der Waals surface area contributed by atoms with Gasteiger partial charge in [0.25, 0.3) is 5.56 Å². The molecule has 4 rings (SSSR count). The molecule has 0 saturated carbocycles. The number of fused-ring (bicyclic) bond motifs is 2. The van der Waals surface area contributed by atoms with E-state index in [0.29, 0.717) is 27.5 Å². The lowest BCUT2D eigenvalue weighted by molar-refractivity contribution is -0.138. The van der Waals surface area contributed by atoms with Crippen LogP contribution in [0, 0.1) is 12.7 Å². The summed E-state index contributed by atoms with van der Waals surface area (Å²) in [6.07, 6.45) is -5.73. The Morgan fingerprint density at radius 3 is 2.44 bits per heavy atom. The first-order valence-electron chi connectivity index (χ1n) is 9.64. The molecule has 4 aromatic rings. The van der Waals surface area contributed by atoms with Crippen LogP contribution in [0.25, 0.3) is 32.9 Å². The number of nitrogens with zero attached hydrogens (tertiary/aromatic N) is 3. The van der Waals surface area contributed by atoms with E-state index in [1.165, 1.54) is 28.8 Å². The molecule has 1 N–H and O–H groups in total. The van der Waals surface area contributed by atoms with E-state index < -0.39 is 43.0 Å². The molecule has 10 heteroatoms. The van der Waals surface area contributed by atoms with Crippen molar-refractivity contribution in [1.82, 2.24) is 14.3 Å². The summed E-state index contributed by atoms with van der Waals surface area (Å²) in [5.74, 6) is -1.69. The number of aryl methyl sites for hydroxylation is 1. The Hall–Kier alpha value is -3.69. The second kappa shape index (κ2) is 7.77. The van der Waals surface area contributed by atoms with Gasteiger partial charge in [0.2, 0.25) is 0 Å². The predicted molar refractivity (Wildman–Crippen MR) is 110 cm³/mol. The molecule has 6 nitrogen and oxygen atoms in total.